The number of aliphatic hydroxyl groups excluding tert-OH is 3. The molecule has 0 heterocycles. The molecule has 0 amide bonds. The van der Waals surface area contributed by atoms with Gasteiger partial charge in [0.05, 0.1) is 0 Å². The van der Waals surface area contributed by atoms with Gasteiger partial charge in [-0.2, -0.15) is 0 Å². The van der Waals surface area contributed by atoms with Gasteiger partial charge in [0.1, 0.15) is 12.2 Å². The minimum Gasteiger partial charge on any atom is -0.479 e. The third-order valence-corrected chi connectivity index (χ3v) is 4.33. The van der Waals surface area contributed by atoms with Gasteiger partial charge in [0, 0.05) is 0 Å². The summed E-state index contributed by atoms with van der Waals surface area (Å²) in [5.74, 6) is -1.13. The van der Waals surface area contributed by atoms with Crippen LogP contribution < -0.4 is 0 Å². The second kappa shape index (κ2) is 12.2. The van der Waals surface area contributed by atoms with Crippen LogP contribution in [0.5, 0.6) is 0 Å². The van der Waals surface area contributed by atoms with Gasteiger partial charge in [0.15, 0.2) is 11.9 Å². The highest BCUT2D eigenvalue weighted by Gasteiger charge is 2.33. The van der Waals surface area contributed by atoms with Crippen molar-refractivity contribution in [3.8, 4) is 0 Å². The summed E-state index contributed by atoms with van der Waals surface area (Å²) in [6, 6.07) is 0. The highest BCUT2D eigenvalue weighted by molar-refractivity contribution is 5.94. The Morgan fingerprint density at radius 1 is 0.920 bits per heavy atom. The summed E-state index contributed by atoms with van der Waals surface area (Å²) >= 11 is 0. The van der Waals surface area contributed by atoms with Crippen molar-refractivity contribution in [1.29, 1.82) is 0 Å². The molecule has 4 atom stereocenters. The molecule has 0 radical (unpaired) electrons. The van der Waals surface area contributed by atoms with Crippen molar-refractivity contribution in [2.24, 2.45) is 11.8 Å². The van der Waals surface area contributed by atoms with Crippen LogP contribution in [0.2, 0.25) is 0 Å². The summed E-state index contributed by atoms with van der Waals surface area (Å²) in [6.45, 7) is 8.42. The zero-order valence-electron chi connectivity index (χ0n) is 15.8. The monoisotopic (exact) mass is 358 g/mol. The van der Waals surface area contributed by atoms with Crippen molar-refractivity contribution in [3.05, 3.63) is 11.6 Å². The van der Waals surface area contributed by atoms with Crippen molar-refractivity contribution < 1.29 is 30.0 Å². The van der Waals surface area contributed by atoms with Crippen LogP contribution in [0, 0.1) is 11.8 Å². The van der Waals surface area contributed by atoms with Crippen LogP contribution in [0.3, 0.4) is 0 Å². The van der Waals surface area contributed by atoms with Gasteiger partial charge in [-0.05, 0) is 37.7 Å². The lowest BCUT2D eigenvalue weighted by molar-refractivity contribution is -0.159. The Morgan fingerprint density at radius 2 is 1.48 bits per heavy atom. The fraction of sp³-hybridized carbons (Fsp3) is 0.789. The van der Waals surface area contributed by atoms with Crippen molar-refractivity contribution in [2.75, 3.05) is 0 Å². The molecule has 25 heavy (non-hydrogen) atoms. The minimum absolute atomic E-state index is 0.625. The van der Waals surface area contributed by atoms with Crippen molar-refractivity contribution in [1.82, 2.24) is 0 Å². The Morgan fingerprint density at radius 3 is 2.00 bits per heavy atom. The van der Waals surface area contributed by atoms with Crippen LogP contribution in [0.4, 0.5) is 0 Å². The average Bonchev–Trinajstić information content (AvgIpc) is 2.51. The second-order valence-electron chi connectivity index (χ2n) is 7.43. The number of carboxylic acid groups (broad SMARTS) is 1. The number of hydrogen-bond acceptors (Lipinski definition) is 5. The Labute approximate surface area is 150 Å². The lowest BCUT2D eigenvalue weighted by atomic mass is 9.94. The molecule has 0 spiro atoms. The van der Waals surface area contributed by atoms with Gasteiger partial charge in [-0.1, -0.05) is 52.0 Å². The van der Waals surface area contributed by atoms with Crippen LogP contribution in [0.1, 0.15) is 66.2 Å². The third kappa shape index (κ3) is 10.4. The highest BCUT2D eigenvalue weighted by atomic mass is 16.4. The molecular weight excluding hydrogens is 324 g/mol. The van der Waals surface area contributed by atoms with Crippen LogP contribution in [-0.4, -0.2) is 50.5 Å². The minimum atomic E-state index is -2.20. The number of ketones is 1. The number of carbonyl (C=O) groups is 2. The molecule has 0 aromatic rings. The van der Waals surface area contributed by atoms with E-state index in [9.17, 15) is 24.9 Å². The molecule has 0 saturated carbocycles. The normalized spacial score (nSPS) is 17.2. The lowest BCUT2D eigenvalue weighted by Crippen LogP contribution is -2.45. The van der Waals surface area contributed by atoms with E-state index in [0.29, 0.717) is 12.3 Å². The van der Waals surface area contributed by atoms with E-state index in [1.54, 1.807) is 6.92 Å². The summed E-state index contributed by atoms with van der Waals surface area (Å²) < 4.78 is 0. The maximum Gasteiger partial charge on any atom is 0.335 e. The maximum absolute atomic E-state index is 11.8. The summed E-state index contributed by atoms with van der Waals surface area (Å²) in [4.78, 5) is 22.4. The first kappa shape index (κ1) is 23.8. The molecule has 0 aromatic heterocycles. The van der Waals surface area contributed by atoms with Crippen LogP contribution >= 0.6 is 0 Å². The molecular formula is C19H34O6. The van der Waals surface area contributed by atoms with Crippen LogP contribution in [0.25, 0.3) is 0 Å². The van der Waals surface area contributed by atoms with Gasteiger partial charge >= 0.3 is 5.97 Å². The average molecular weight is 358 g/mol. The highest BCUT2D eigenvalue weighted by Crippen LogP contribution is 2.19. The molecule has 0 aliphatic rings. The molecule has 0 aliphatic carbocycles. The van der Waals surface area contributed by atoms with Gasteiger partial charge < -0.3 is 20.4 Å². The van der Waals surface area contributed by atoms with Gasteiger partial charge in [0.25, 0.3) is 0 Å². The molecule has 0 aliphatic heterocycles. The summed E-state index contributed by atoms with van der Waals surface area (Å²) in [7, 11) is 0. The predicted octanol–water partition coefficient (Wildman–Crippen LogP) is 2.30. The Balaban J connectivity index is 4.26. The molecule has 0 aromatic carbocycles. The van der Waals surface area contributed by atoms with E-state index in [2.05, 4.69) is 20.8 Å². The van der Waals surface area contributed by atoms with Crippen molar-refractivity contribution >= 4 is 11.8 Å². The van der Waals surface area contributed by atoms with Crippen LogP contribution in [0.15, 0.2) is 11.6 Å². The number of carboxylic acids is 1. The topological polar surface area (TPSA) is 115 Å². The summed E-state index contributed by atoms with van der Waals surface area (Å²) in [6.07, 6.45) is 1.36. The first-order valence-electron chi connectivity index (χ1n) is 9.04. The summed E-state index contributed by atoms with van der Waals surface area (Å²) in [5, 5.41) is 36.9. The van der Waals surface area contributed by atoms with E-state index >= 15 is 0 Å². The first-order chi connectivity index (χ1) is 11.6. The first-order valence-corrected chi connectivity index (χ1v) is 9.04. The Bertz CT molecular complexity index is 443. The van der Waals surface area contributed by atoms with E-state index in [1.807, 2.05) is 0 Å². The largest absolute Gasteiger partial charge is 0.479 e. The van der Waals surface area contributed by atoms with Crippen LogP contribution in [-0.2, 0) is 9.59 Å². The van der Waals surface area contributed by atoms with Crippen molar-refractivity contribution in [2.45, 2.75) is 84.5 Å². The van der Waals surface area contributed by atoms with E-state index < -0.39 is 30.1 Å². The Hall–Kier alpha value is -1.24. The smallest absolute Gasteiger partial charge is 0.335 e. The van der Waals surface area contributed by atoms with Gasteiger partial charge in [-0.15, -0.1) is 0 Å². The van der Waals surface area contributed by atoms with E-state index in [-0.39, 0.29) is 0 Å². The number of carbonyl (C=O) groups excluding carboxylic acids is 1. The molecule has 0 bridgehead atoms. The molecule has 0 saturated heterocycles. The van der Waals surface area contributed by atoms with E-state index in [4.69, 9.17) is 5.11 Å². The fourth-order valence-corrected chi connectivity index (χ4v) is 2.64. The molecule has 146 valence electrons. The molecule has 6 heteroatoms. The number of allylic oxidation sites excluding steroid dienone is 1. The maximum atomic E-state index is 11.8. The Kier molecular flexibility index (Phi) is 11.6. The zero-order chi connectivity index (χ0) is 19.6. The van der Waals surface area contributed by atoms with Gasteiger partial charge in [0.2, 0.25) is 0 Å². The molecule has 4 N–H and O–H groups in total. The number of rotatable bonds is 13. The van der Waals surface area contributed by atoms with Gasteiger partial charge in [-0.3, -0.25) is 4.79 Å². The fourth-order valence-electron chi connectivity index (χ4n) is 2.64. The molecule has 0 rings (SSSR count). The molecule has 0 fully saturated rings. The predicted molar refractivity (Wildman–Crippen MR) is 96.1 cm³/mol. The third-order valence-electron chi connectivity index (χ3n) is 4.33. The second-order valence-corrected chi connectivity index (χ2v) is 7.43. The standard InChI is InChI=1S/C19H34O6/c1-12(2)7-5-8-13(3)9-6-10-14(4)11-15(20)16(21)17(22)18(23)19(24)25/h11-13,16-18,21-23H,5-10H2,1-4H3,(H,24,25)/t13?,16?,17-,18-/m0/s1. The number of aliphatic carboxylic acids is 1. The number of aliphatic hydroxyl groups is 3. The van der Waals surface area contributed by atoms with E-state index in [0.717, 1.165) is 24.3 Å². The molecule has 6 nitrogen and oxygen atoms in total. The molecule has 2 unspecified atom stereocenters. The quantitative estimate of drug-likeness (QED) is 0.376. The SMILES string of the molecule is CC(=CC(=O)C(O)[C@H](O)[C@H](O)C(=O)O)CCCC(C)CCCC(C)C. The van der Waals surface area contributed by atoms with E-state index in [1.165, 1.54) is 25.3 Å². The number of hydrogen-bond donors (Lipinski definition) is 4. The van der Waals surface area contributed by atoms with Crippen molar-refractivity contribution in [3.63, 3.8) is 0 Å². The zero-order valence-corrected chi connectivity index (χ0v) is 15.8. The lowest BCUT2D eigenvalue weighted by Gasteiger charge is -2.18. The summed E-state index contributed by atoms with van der Waals surface area (Å²) in [5.41, 5.74) is 0.760. The van der Waals surface area contributed by atoms with Gasteiger partial charge in [-0.25, -0.2) is 4.79 Å².